The van der Waals surface area contributed by atoms with Crippen LogP contribution in [0.5, 0.6) is 0 Å². The summed E-state index contributed by atoms with van der Waals surface area (Å²) in [5, 5.41) is 2.89. The lowest BCUT2D eigenvalue weighted by molar-refractivity contribution is -0.909. The van der Waals surface area contributed by atoms with Gasteiger partial charge in [-0.15, -0.1) is 0 Å². The molecule has 0 unspecified atom stereocenters. The van der Waals surface area contributed by atoms with E-state index in [1.807, 2.05) is 0 Å². The van der Waals surface area contributed by atoms with Gasteiger partial charge in [0.1, 0.15) is 0 Å². The Balaban J connectivity index is 3.90. The highest BCUT2D eigenvalue weighted by molar-refractivity contribution is 5.91. The van der Waals surface area contributed by atoms with Crippen LogP contribution < -0.4 is 5.32 Å². The van der Waals surface area contributed by atoms with E-state index >= 15 is 0 Å². The molecule has 1 N–H and O–H groups in total. The van der Waals surface area contributed by atoms with E-state index in [0.717, 1.165) is 24.0 Å². The molecule has 0 aliphatic carbocycles. The van der Waals surface area contributed by atoms with Gasteiger partial charge in [0.2, 0.25) is 5.91 Å². The second kappa shape index (κ2) is 8.29. The second-order valence-corrected chi connectivity index (χ2v) is 5.18. The molecular formula is C14H29N2O+. The molecule has 0 atom stereocenters. The highest BCUT2D eigenvalue weighted by atomic mass is 16.1. The van der Waals surface area contributed by atoms with Gasteiger partial charge in [-0.3, -0.25) is 4.79 Å². The molecule has 0 rings (SSSR count). The highest BCUT2D eigenvalue weighted by Gasteiger charge is 2.18. The van der Waals surface area contributed by atoms with Crippen LogP contribution in [0.4, 0.5) is 0 Å². The highest BCUT2D eigenvalue weighted by Crippen LogP contribution is 2.07. The lowest BCUT2D eigenvalue weighted by Crippen LogP contribution is -2.46. The van der Waals surface area contributed by atoms with Gasteiger partial charge < -0.3 is 9.80 Å². The summed E-state index contributed by atoms with van der Waals surface area (Å²) in [4.78, 5) is 11.3. The van der Waals surface area contributed by atoms with E-state index < -0.39 is 0 Å². The van der Waals surface area contributed by atoms with Crippen LogP contribution in [0, 0.1) is 0 Å². The smallest absolute Gasteiger partial charge is 0.246 e. The van der Waals surface area contributed by atoms with Crippen LogP contribution in [0.3, 0.4) is 0 Å². The third kappa shape index (κ3) is 7.16. The van der Waals surface area contributed by atoms with Crippen molar-refractivity contribution in [3.63, 3.8) is 0 Å². The van der Waals surface area contributed by atoms with E-state index in [-0.39, 0.29) is 5.91 Å². The number of quaternary nitrogens is 1. The third-order valence-electron chi connectivity index (χ3n) is 3.07. The molecule has 3 heteroatoms. The normalized spacial score (nSPS) is 11.3. The van der Waals surface area contributed by atoms with Crippen molar-refractivity contribution in [1.29, 1.82) is 0 Å². The van der Waals surface area contributed by atoms with E-state index in [1.165, 1.54) is 25.9 Å². The van der Waals surface area contributed by atoms with Crippen LogP contribution in [0.15, 0.2) is 12.2 Å². The summed E-state index contributed by atoms with van der Waals surface area (Å²) in [6.45, 7) is 14.2. The van der Waals surface area contributed by atoms with Crippen LogP contribution in [0.25, 0.3) is 0 Å². The van der Waals surface area contributed by atoms with Crippen LogP contribution in [0.1, 0.15) is 40.0 Å². The fraction of sp³-hybridized carbons (Fsp3) is 0.786. The average molecular weight is 241 g/mol. The number of hydrogen-bond donors (Lipinski definition) is 1. The number of amides is 1. The summed E-state index contributed by atoms with van der Waals surface area (Å²) in [5.74, 6) is -0.0230. The van der Waals surface area contributed by atoms with Crippen LogP contribution in [-0.4, -0.2) is 43.6 Å². The van der Waals surface area contributed by atoms with Gasteiger partial charge in [-0.25, -0.2) is 0 Å². The fourth-order valence-corrected chi connectivity index (χ4v) is 2.23. The number of nitrogens with zero attached hydrogens (tertiary/aromatic N) is 1. The monoisotopic (exact) mass is 241 g/mol. The second-order valence-electron chi connectivity index (χ2n) is 5.18. The van der Waals surface area contributed by atoms with Gasteiger partial charge >= 0.3 is 0 Å². The van der Waals surface area contributed by atoms with Gasteiger partial charge in [-0.1, -0.05) is 20.4 Å². The number of carbonyl (C=O) groups is 1. The predicted molar refractivity (Wildman–Crippen MR) is 73.8 cm³/mol. The number of nitrogens with one attached hydrogen (secondary N) is 1. The Morgan fingerprint density at radius 2 is 1.71 bits per heavy atom. The largest absolute Gasteiger partial charge is 0.352 e. The first kappa shape index (κ1) is 16.2. The Morgan fingerprint density at radius 3 is 2.12 bits per heavy atom. The molecule has 0 saturated heterocycles. The van der Waals surface area contributed by atoms with E-state index in [4.69, 9.17) is 0 Å². The molecule has 0 fully saturated rings. The molecule has 0 saturated carbocycles. The first-order valence-electron chi connectivity index (χ1n) is 6.72. The molecule has 3 nitrogen and oxygen atoms in total. The van der Waals surface area contributed by atoms with Gasteiger partial charge in [-0.2, -0.15) is 0 Å². The lowest BCUT2D eigenvalue weighted by Gasteiger charge is -2.34. The summed E-state index contributed by atoms with van der Waals surface area (Å²) in [5.41, 5.74) is 0.587. The molecular weight excluding hydrogens is 212 g/mol. The molecule has 0 aromatic carbocycles. The van der Waals surface area contributed by atoms with Gasteiger partial charge in [0, 0.05) is 18.5 Å². The van der Waals surface area contributed by atoms with Gasteiger partial charge in [0.15, 0.2) is 0 Å². The molecule has 100 valence electrons. The van der Waals surface area contributed by atoms with Crippen molar-refractivity contribution in [3.05, 3.63) is 12.2 Å². The molecule has 17 heavy (non-hydrogen) atoms. The Kier molecular flexibility index (Phi) is 7.88. The Hall–Kier alpha value is -0.830. The maximum Gasteiger partial charge on any atom is 0.246 e. The first-order chi connectivity index (χ1) is 7.95. The topological polar surface area (TPSA) is 29.1 Å². The standard InChI is InChI=1S/C14H28N2O/c1-6-10-16(5,11-7-2)12-8-9-15-14(17)13(3)4/h3,6-12H2,1-2,4-5H3/p+1. The molecule has 0 aliphatic rings. The van der Waals surface area contributed by atoms with Crippen LogP contribution in [0.2, 0.25) is 0 Å². The Bertz CT molecular complexity index is 243. The third-order valence-corrected chi connectivity index (χ3v) is 3.07. The Labute approximate surface area is 106 Å². The van der Waals surface area contributed by atoms with E-state index in [1.54, 1.807) is 6.92 Å². The first-order valence-corrected chi connectivity index (χ1v) is 6.72. The lowest BCUT2D eigenvalue weighted by atomic mass is 10.2. The van der Waals surface area contributed by atoms with Gasteiger partial charge in [0.25, 0.3) is 0 Å². The molecule has 0 aromatic rings. The van der Waals surface area contributed by atoms with Gasteiger partial charge in [0.05, 0.1) is 26.7 Å². The summed E-state index contributed by atoms with van der Waals surface area (Å²) < 4.78 is 1.12. The number of hydrogen-bond acceptors (Lipinski definition) is 1. The molecule has 0 bridgehead atoms. The SMILES string of the molecule is C=C(C)C(=O)NCCC[N+](C)(CCC)CCC. The number of carbonyl (C=O) groups excluding carboxylic acids is 1. The molecule has 0 aromatic heterocycles. The zero-order valence-corrected chi connectivity index (χ0v) is 12.0. The van der Waals surface area contributed by atoms with E-state index in [2.05, 4.69) is 32.8 Å². The van der Waals surface area contributed by atoms with Crippen LogP contribution >= 0.6 is 0 Å². The quantitative estimate of drug-likeness (QED) is 0.375. The van der Waals surface area contributed by atoms with Crippen LogP contribution in [-0.2, 0) is 4.79 Å². The van der Waals surface area contributed by atoms with E-state index in [9.17, 15) is 4.79 Å². The molecule has 0 spiro atoms. The molecule has 0 radical (unpaired) electrons. The summed E-state index contributed by atoms with van der Waals surface area (Å²) in [7, 11) is 2.31. The summed E-state index contributed by atoms with van der Waals surface area (Å²) >= 11 is 0. The van der Waals surface area contributed by atoms with Crippen molar-refractivity contribution in [2.24, 2.45) is 0 Å². The summed E-state index contributed by atoms with van der Waals surface area (Å²) in [6, 6.07) is 0. The maximum absolute atomic E-state index is 11.3. The minimum atomic E-state index is -0.0230. The number of rotatable bonds is 9. The fourth-order valence-electron chi connectivity index (χ4n) is 2.23. The molecule has 0 aliphatic heterocycles. The molecule has 0 heterocycles. The van der Waals surface area contributed by atoms with Gasteiger partial charge in [-0.05, 0) is 19.8 Å². The molecule has 1 amide bonds. The van der Waals surface area contributed by atoms with Crippen molar-refractivity contribution in [2.75, 3.05) is 33.2 Å². The maximum atomic E-state index is 11.3. The van der Waals surface area contributed by atoms with Crippen molar-refractivity contribution < 1.29 is 9.28 Å². The minimum absolute atomic E-state index is 0.0230. The predicted octanol–water partition coefficient (Wildman–Crippen LogP) is 2.34. The summed E-state index contributed by atoms with van der Waals surface area (Å²) in [6.07, 6.45) is 3.47. The van der Waals surface area contributed by atoms with Crippen molar-refractivity contribution >= 4 is 5.91 Å². The minimum Gasteiger partial charge on any atom is -0.352 e. The van der Waals surface area contributed by atoms with Crippen molar-refractivity contribution in [1.82, 2.24) is 5.32 Å². The average Bonchev–Trinajstić information content (AvgIpc) is 2.24. The zero-order valence-electron chi connectivity index (χ0n) is 12.0. The van der Waals surface area contributed by atoms with E-state index in [0.29, 0.717) is 5.57 Å². The van der Waals surface area contributed by atoms with Crippen molar-refractivity contribution in [3.8, 4) is 0 Å². The zero-order chi connectivity index (χ0) is 13.3. The van der Waals surface area contributed by atoms with Crippen molar-refractivity contribution in [2.45, 2.75) is 40.0 Å². The Morgan fingerprint density at radius 1 is 1.18 bits per heavy atom.